The van der Waals surface area contributed by atoms with Gasteiger partial charge < -0.3 is 20.3 Å². The molecule has 0 aromatic rings. The molecule has 0 aromatic carbocycles. The Balaban J connectivity index is 3.41. The summed E-state index contributed by atoms with van der Waals surface area (Å²) in [7, 11) is 0. The van der Waals surface area contributed by atoms with Crippen LogP contribution in [-0.4, -0.2) is 47.4 Å². The molecule has 3 N–H and O–H groups in total. The van der Waals surface area contributed by atoms with Gasteiger partial charge >= 0.3 is 5.97 Å². The van der Waals surface area contributed by atoms with E-state index in [4.69, 9.17) is 4.74 Å². The lowest BCUT2D eigenvalue weighted by Crippen LogP contribution is -2.45. The van der Waals surface area contributed by atoms with Crippen molar-refractivity contribution < 1.29 is 24.5 Å². The molecule has 0 saturated heterocycles. The number of amides is 1. The van der Waals surface area contributed by atoms with Crippen molar-refractivity contribution in [2.24, 2.45) is 0 Å². The largest absolute Gasteiger partial charge is 0.466 e. The van der Waals surface area contributed by atoms with E-state index < -0.39 is 12.1 Å². The van der Waals surface area contributed by atoms with Crippen LogP contribution in [0.15, 0.2) is 60.8 Å². The fourth-order valence-electron chi connectivity index (χ4n) is 11.7. The molecule has 0 rings (SSSR count). The Morgan fingerprint density at radius 3 is 0.929 bits per heavy atom. The first-order chi connectivity index (χ1) is 42.0. The van der Waals surface area contributed by atoms with Gasteiger partial charge in [-0.15, -0.1) is 0 Å². The first-order valence-corrected chi connectivity index (χ1v) is 38.1. The zero-order valence-electron chi connectivity index (χ0n) is 57.1. The van der Waals surface area contributed by atoms with E-state index in [2.05, 4.69) is 67.8 Å². The number of aliphatic hydroxyl groups is 2. The number of hydrogen-bond acceptors (Lipinski definition) is 5. The second-order valence-electron chi connectivity index (χ2n) is 26.0. The van der Waals surface area contributed by atoms with Gasteiger partial charge in [0.15, 0.2) is 0 Å². The lowest BCUT2D eigenvalue weighted by atomic mass is 10.0. The van der Waals surface area contributed by atoms with Crippen LogP contribution in [0.1, 0.15) is 406 Å². The Morgan fingerprint density at radius 2 is 0.600 bits per heavy atom. The predicted molar refractivity (Wildman–Crippen MR) is 375 cm³/mol. The maximum absolute atomic E-state index is 12.5. The van der Waals surface area contributed by atoms with Crippen LogP contribution in [0.25, 0.3) is 0 Å². The smallest absolute Gasteiger partial charge is 0.305 e. The van der Waals surface area contributed by atoms with E-state index in [1.807, 2.05) is 6.08 Å². The summed E-state index contributed by atoms with van der Waals surface area (Å²) in [6.07, 6.45) is 99.0. The van der Waals surface area contributed by atoms with Crippen LogP contribution in [0, 0.1) is 0 Å². The van der Waals surface area contributed by atoms with E-state index in [1.54, 1.807) is 6.08 Å². The van der Waals surface area contributed by atoms with E-state index in [9.17, 15) is 19.8 Å². The van der Waals surface area contributed by atoms with Crippen molar-refractivity contribution in [1.82, 2.24) is 5.32 Å². The molecule has 0 fully saturated rings. The highest BCUT2D eigenvalue weighted by Gasteiger charge is 2.18. The standard InChI is InChI=1S/C79H147NO5/c1-3-5-7-9-11-13-15-17-19-20-21-35-38-41-44-47-51-55-59-63-67-71-77(82)76(75-81)80-78(83)72-68-64-60-56-52-48-45-42-39-36-33-31-29-27-25-23-22-24-26-28-30-32-34-37-40-43-46-50-54-58-62-66-70-74-85-79(84)73-69-65-61-57-53-49-18-16-14-12-10-8-6-4-2/h10,12,16,18,26,28,32,34,67,71,76-77,81-82H,3-9,11,13-15,17,19-25,27,29-31,33,35-66,68-70,72-75H2,1-2H3,(H,80,83)/b12-10-,18-16-,28-26-,34-32-,71-67+. The summed E-state index contributed by atoms with van der Waals surface area (Å²) in [6.45, 7) is 4.89. The average Bonchev–Trinajstić information content (AvgIpc) is 3.51. The molecule has 0 aliphatic heterocycles. The van der Waals surface area contributed by atoms with Gasteiger partial charge in [0, 0.05) is 12.8 Å². The molecular weight excluding hydrogens is 1040 g/mol. The van der Waals surface area contributed by atoms with Crippen LogP contribution >= 0.6 is 0 Å². The number of ether oxygens (including phenoxy) is 1. The van der Waals surface area contributed by atoms with Gasteiger partial charge in [-0.05, 0) is 89.9 Å². The molecule has 6 nitrogen and oxygen atoms in total. The fraction of sp³-hybridized carbons (Fsp3) is 0.848. The Labute approximate surface area is 530 Å². The van der Waals surface area contributed by atoms with E-state index in [0.717, 1.165) is 57.8 Å². The minimum atomic E-state index is -0.845. The van der Waals surface area contributed by atoms with Gasteiger partial charge in [0.2, 0.25) is 5.91 Å². The molecule has 85 heavy (non-hydrogen) atoms. The van der Waals surface area contributed by atoms with Gasteiger partial charge in [0.25, 0.3) is 0 Å². The summed E-state index contributed by atoms with van der Waals surface area (Å²) in [5.41, 5.74) is 0. The normalized spacial score (nSPS) is 12.8. The number of esters is 1. The maximum Gasteiger partial charge on any atom is 0.305 e. The summed E-state index contributed by atoms with van der Waals surface area (Å²) < 4.78 is 5.48. The summed E-state index contributed by atoms with van der Waals surface area (Å²) in [4.78, 5) is 24.6. The third-order valence-corrected chi connectivity index (χ3v) is 17.5. The molecule has 0 radical (unpaired) electrons. The van der Waals surface area contributed by atoms with Gasteiger partial charge in [-0.25, -0.2) is 0 Å². The fourth-order valence-corrected chi connectivity index (χ4v) is 11.7. The topological polar surface area (TPSA) is 95.9 Å². The minimum Gasteiger partial charge on any atom is -0.466 e. The Bertz CT molecular complexity index is 1470. The van der Waals surface area contributed by atoms with Crippen molar-refractivity contribution in [3.63, 3.8) is 0 Å². The zero-order valence-corrected chi connectivity index (χ0v) is 57.1. The Kier molecular flexibility index (Phi) is 71.9. The number of rotatable bonds is 71. The molecule has 2 unspecified atom stereocenters. The van der Waals surface area contributed by atoms with Crippen molar-refractivity contribution in [3.8, 4) is 0 Å². The van der Waals surface area contributed by atoms with Crippen LogP contribution in [0.4, 0.5) is 0 Å². The highest BCUT2D eigenvalue weighted by Crippen LogP contribution is 2.19. The monoisotopic (exact) mass is 1190 g/mol. The average molecular weight is 1190 g/mol. The van der Waals surface area contributed by atoms with Gasteiger partial charge in [-0.2, -0.15) is 0 Å². The number of allylic oxidation sites excluding steroid dienone is 9. The van der Waals surface area contributed by atoms with Crippen LogP contribution in [0.3, 0.4) is 0 Å². The molecule has 498 valence electrons. The summed E-state index contributed by atoms with van der Waals surface area (Å²) in [5.74, 6) is -0.0634. The number of nitrogens with one attached hydrogen (secondary N) is 1. The van der Waals surface area contributed by atoms with Crippen LogP contribution in [-0.2, 0) is 14.3 Å². The first kappa shape index (κ1) is 82.6. The number of unbranched alkanes of at least 4 members (excludes halogenated alkanes) is 52. The second kappa shape index (κ2) is 74.0. The van der Waals surface area contributed by atoms with Crippen molar-refractivity contribution in [2.45, 2.75) is 418 Å². The summed E-state index contributed by atoms with van der Waals surface area (Å²) >= 11 is 0. The van der Waals surface area contributed by atoms with Crippen molar-refractivity contribution in [1.29, 1.82) is 0 Å². The third-order valence-electron chi connectivity index (χ3n) is 17.5. The van der Waals surface area contributed by atoms with E-state index >= 15 is 0 Å². The quantitative estimate of drug-likeness (QED) is 0.0320. The van der Waals surface area contributed by atoms with E-state index in [0.29, 0.717) is 19.4 Å². The molecule has 0 saturated carbocycles. The Hall–Kier alpha value is -2.44. The predicted octanol–water partition coefficient (Wildman–Crippen LogP) is 25.0. The maximum atomic E-state index is 12.5. The van der Waals surface area contributed by atoms with Crippen LogP contribution < -0.4 is 5.32 Å². The molecule has 0 bridgehead atoms. The van der Waals surface area contributed by atoms with Crippen LogP contribution in [0.5, 0.6) is 0 Å². The molecule has 0 heterocycles. The minimum absolute atomic E-state index is 0.000740. The number of aliphatic hydroxyl groups excluding tert-OH is 2. The van der Waals surface area contributed by atoms with Crippen molar-refractivity contribution in [2.75, 3.05) is 13.2 Å². The van der Waals surface area contributed by atoms with Gasteiger partial charge in [-0.1, -0.05) is 364 Å². The third kappa shape index (κ3) is 70.5. The Morgan fingerprint density at radius 1 is 0.329 bits per heavy atom. The molecule has 0 spiro atoms. The van der Waals surface area contributed by atoms with Gasteiger partial charge in [0.1, 0.15) is 0 Å². The molecule has 0 aliphatic carbocycles. The number of carbonyl (C=O) groups is 2. The SMILES string of the molecule is CCCC/C=C\C/C=C\CCCCCCCC(=O)OCCCCCCCCCCC/C=C\C/C=C\CCCCCCCCCCCCCCCCCCCC(=O)NC(CO)C(O)/C=C/CCCCCCCCCCCCCCCCCCCCC. The van der Waals surface area contributed by atoms with E-state index in [-0.39, 0.29) is 18.5 Å². The second-order valence-corrected chi connectivity index (χ2v) is 26.0. The highest BCUT2D eigenvalue weighted by molar-refractivity contribution is 5.76. The molecule has 1 amide bonds. The van der Waals surface area contributed by atoms with Crippen molar-refractivity contribution in [3.05, 3.63) is 60.8 Å². The van der Waals surface area contributed by atoms with Crippen LogP contribution in [0.2, 0.25) is 0 Å². The molecule has 2 atom stereocenters. The molecule has 0 aromatic heterocycles. The molecule has 6 heteroatoms. The van der Waals surface area contributed by atoms with Crippen molar-refractivity contribution >= 4 is 11.9 Å². The summed E-state index contributed by atoms with van der Waals surface area (Å²) in [6, 6.07) is -0.628. The van der Waals surface area contributed by atoms with Gasteiger partial charge in [0.05, 0.1) is 25.4 Å². The summed E-state index contributed by atoms with van der Waals surface area (Å²) in [5, 5.41) is 23.3. The molecule has 0 aliphatic rings. The number of hydrogen-bond donors (Lipinski definition) is 3. The number of carbonyl (C=O) groups excluding carboxylic acids is 2. The lowest BCUT2D eigenvalue weighted by Gasteiger charge is -2.20. The highest BCUT2D eigenvalue weighted by atomic mass is 16.5. The first-order valence-electron chi connectivity index (χ1n) is 38.1. The molecular formula is C79H147NO5. The lowest BCUT2D eigenvalue weighted by molar-refractivity contribution is -0.143. The van der Waals surface area contributed by atoms with E-state index in [1.165, 1.54) is 321 Å². The van der Waals surface area contributed by atoms with Gasteiger partial charge in [-0.3, -0.25) is 9.59 Å². The zero-order chi connectivity index (χ0) is 61.3.